The van der Waals surface area contributed by atoms with Gasteiger partial charge in [0.2, 0.25) is 0 Å². The highest BCUT2D eigenvalue weighted by Gasteiger charge is 2.30. The first-order valence-corrected chi connectivity index (χ1v) is 44.9. The summed E-state index contributed by atoms with van der Waals surface area (Å²) < 4.78 is 68.7. The van der Waals surface area contributed by atoms with Gasteiger partial charge in [0.25, 0.3) is 0 Å². The van der Waals surface area contributed by atoms with Crippen LogP contribution in [0.2, 0.25) is 0 Å². The van der Waals surface area contributed by atoms with Crippen LogP contribution in [-0.2, 0) is 65.4 Å². The molecule has 17 nitrogen and oxygen atoms in total. The molecule has 0 aliphatic heterocycles. The molecule has 0 aliphatic carbocycles. The average Bonchev–Trinajstić information content (AvgIpc) is 0.922. The number of hydrogen-bond acceptors (Lipinski definition) is 15. The molecule has 0 aromatic heterocycles. The minimum atomic E-state index is -4.97. The molecule has 102 heavy (non-hydrogen) atoms. The molecule has 0 amide bonds. The van der Waals surface area contributed by atoms with Crippen molar-refractivity contribution in [2.24, 2.45) is 0 Å². The molecule has 598 valence electrons. The zero-order valence-corrected chi connectivity index (χ0v) is 67.3. The first kappa shape index (κ1) is 99.0. The maximum absolute atomic E-state index is 13.1. The van der Waals surface area contributed by atoms with Crippen molar-refractivity contribution in [3.63, 3.8) is 0 Å². The third kappa shape index (κ3) is 75.3. The summed E-state index contributed by atoms with van der Waals surface area (Å²) in [7, 11) is -9.94. The molecule has 0 saturated carbocycles. The van der Waals surface area contributed by atoms with Gasteiger partial charge in [-0.15, -0.1) is 0 Å². The molecule has 0 aromatic carbocycles. The average molecular weight is 1490 g/mol. The monoisotopic (exact) mass is 1490 g/mol. The van der Waals surface area contributed by atoms with Gasteiger partial charge in [0.1, 0.15) is 19.3 Å². The molecule has 0 heterocycles. The van der Waals surface area contributed by atoms with Crippen molar-refractivity contribution in [3.8, 4) is 0 Å². The van der Waals surface area contributed by atoms with Gasteiger partial charge in [0.15, 0.2) is 12.2 Å². The lowest BCUT2D eigenvalue weighted by Crippen LogP contribution is -2.30. The molecule has 0 aromatic rings. The summed E-state index contributed by atoms with van der Waals surface area (Å²) in [5.74, 6) is -2.16. The summed E-state index contributed by atoms with van der Waals surface area (Å²) in [5.41, 5.74) is 0. The van der Waals surface area contributed by atoms with Crippen molar-refractivity contribution in [1.82, 2.24) is 0 Å². The fourth-order valence-corrected chi connectivity index (χ4v) is 13.5. The number of allylic oxidation sites excluding steroid dienone is 8. The Balaban J connectivity index is 5.33. The number of phosphoric ester groups is 2. The lowest BCUT2D eigenvalue weighted by molar-refractivity contribution is -0.161. The van der Waals surface area contributed by atoms with E-state index in [1.165, 1.54) is 180 Å². The Labute approximate surface area is 623 Å². The van der Waals surface area contributed by atoms with Gasteiger partial charge in [0, 0.05) is 25.7 Å². The van der Waals surface area contributed by atoms with E-state index in [0.717, 1.165) is 141 Å². The van der Waals surface area contributed by atoms with Crippen molar-refractivity contribution in [3.05, 3.63) is 48.6 Å². The van der Waals surface area contributed by atoms with Gasteiger partial charge in [-0.1, -0.05) is 333 Å². The lowest BCUT2D eigenvalue weighted by Gasteiger charge is -2.21. The van der Waals surface area contributed by atoms with Gasteiger partial charge in [-0.2, -0.15) is 0 Å². The van der Waals surface area contributed by atoms with Crippen LogP contribution in [0.5, 0.6) is 0 Å². The number of carbonyl (C=O) groups excluding carboxylic acids is 4. The van der Waals surface area contributed by atoms with E-state index in [4.69, 9.17) is 37.0 Å². The zero-order valence-electron chi connectivity index (χ0n) is 65.6. The second kappa shape index (κ2) is 76.2. The summed E-state index contributed by atoms with van der Waals surface area (Å²) in [6.07, 6.45) is 75.0. The number of rotatable bonds is 80. The van der Waals surface area contributed by atoms with Gasteiger partial charge >= 0.3 is 39.5 Å². The van der Waals surface area contributed by atoms with Crippen LogP contribution in [0.1, 0.15) is 400 Å². The van der Waals surface area contributed by atoms with Crippen molar-refractivity contribution >= 4 is 39.5 Å². The van der Waals surface area contributed by atoms with Crippen LogP contribution in [-0.4, -0.2) is 96.7 Å². The number of aliphatic hydroxyl groups excluding tert-OH is 1. The normalized spacial score (nSPS) is 14.1. The second-order valence-electron chi connectivity index (χ2n) is 28.4. The summed E-state index contributed by atoms with van der Waals surface area (Å²) in [4.78, 5) is 73.1. The van der Waals surface area contributed by atoms with E-state index in [1.807, 2.05) is 0 Å². The van der Waals surface area contributed by atoms with Gasteiger partial charge in [-0.3, -0.25) is 37.3 Å². The first-order valence-electron chi connectivity index (χ1n) is 41.9. The highest BCUT2D eigenvalue weighted by atomic mass is 31.2. The molecule has 2 unspecified atom stereocenters. The van der Waals surface area contributed by atoms with E-state index in [0.29, 0.717) is 25.7 Å². The third-order valence-corrected chi connectivity index (χ3v) is 20.2. The summed E-state index contributed by atoms with van der Waals surface area (Å²) in [6.45, 7) is 4.90. The van der Waals surface area contributed by atoms with Gasteiger partial charge in [-0.25, -0.2) is 9.13 Å². The highest BCUT2D eigenvalue weighted by molar-refractivity contribution is 7.47. The molecule has 0 fully saturated rings. The molecule has 0 aliphatic rings. The number of hydrogen-bond donors (Lipinski definition) is 3. The number of phosphoric acid groups is 2. The van der Waals surface area contributed by atoms with E-state index < -0.39 is 97.5 Å². The van der Waals surface area contributed by atoms with Crippen molar-refractivity contribution in [2.45, 2.75) is 418 Å². The quantitative estimate of drug-likeness (QED) is 0.0169. The fraction of sp³-hybridized carbons (Fsp3) is 0.855. The SMILES string of the molecule is CCCCC/C=C\C/C=C\CCCCCCCC(=O)OC[C@H](COP(=O)(O)OC[C@H](O)COP(=O)(O)OC[C@@H](COC(=O)CCCCCCC/C=C\C/C=C\CCCCC)OC(=O)CCCCCCCCCCCCCCCCCCC)OC(=O)CCCCCCCCCCCCCCCCC. The third-order valence-electron chi connectivity index (χ3n) is 18.3. The maximum atomic E-state index is 13.1. The number of esters is 4. The molecule has 0 spiro atoms. The molecule has 0 rings (SSSR count). The molecular weight excluding hydrogens is 1330 g/mol. The van der Waals surface area contributed by atoms with Crippen LogP contribution >= 0.6 is 15.6 Å². The van der Waals surface area contributed by atoms with Gasteiger partial charge in [-0.05, 0) is 89.9 Å². The van der Waals surface area contributed by atoms with E-state index >= 15 is 0 Å². The van der Waals surface area contributed by atoms with Crippen molar-refractivity contribution < 1.29 is 80.2 Å². The smallest absolute Gasteiger partial charge is 0.462 e. The maximum Gasteiger partial charge on any atom is 0.472 e. The van der Waals surface area contributed by atoms with Gasteiger partial charge < -0.3 is 33.8 Å². The Morgan fingerprint density at radius 2 is 0.480 bits per heavy atom. The minimum absolute atomic E-state index is 0.0999. The predicted octanol–water partition coefficient (Wildman–Crippen LogP) is 24.5. The Kier molecular flexibility index (Phi) is 74.0. The largest absolute Gasteiger partial charge is 0.472 e. The van der Waals surface area contributed by atoms with E-state index in [1.54, 1.807) is 0 Å². The molecular formula is C83H154O17P2. The Bertz CT molecular complexity index is 2120. The summed E-state index contributed by atoms with van der Waals surface area (Å²) in [5, 5.41) is 10.7. The van der Waals surface area contributed by atoms with Crippen molar-refractivity contribution in [2.75, 3.05) is 39.6 Å². The fourth-order valence-electron chi connectivity index (χ4n) is 11.9. The minimum Gasteiger partial charge on any atom is -0.462 e. The number of carbonyl (C=O) groups is 4. The second-order valence-corrected chi connectivity index (χ2v) is 31.3. The van der Waals surface area contributed by atoms with Crippen LogP contribution in [0.4, 0.5) is 0 Å². The van der Waals surface area contributed by atoms with Crippen molar-refractivity contribution in [1.29, 1.82) is 0 Å². The standard InChI is InChI=1S/C83H154O17P2/c1-5-9-13-17-21-25-29-33-37-38-42-46-50-54-58-62-66-70-83(88)100-79(74-94-81(86)68-64-60-56-52-48-44-40-35-31-27-23-19-15-11-7-3)76-98-102(91,92)96-72-77(84)71-95-101(89,90)97-75-78(99-82(87)69-65-61-57-53-49-45-41-36-32-28-24-20-16-12-8-4)73-93-80(85)67-63-59-55-51-47-43-39-34-30-26-22-18-14-10-6-2/h22-23,26-27,34-35,39-40,77-79,84H,5-21,24-25,28-33,36-38,41-76H2,1-4H3,(H,89,90)(H,91,92)/b26-22-,27-23-,39-34-,40-35-/t77-,78+,79+/m0/s1. The molecule has 3 N–H and O–H groups in total. The van der Waals surface area contributed by atoms with Crippen LogP contribution in [0.25, 0.3) is 0 Å². The molecule has 0 radical (unpaired) electrons. The Hall–Kier alpha value is -2.98. The molecule has 0 saturated heterocycles. The number of aliphatic hydroxyl groups is 1. The van der Waals surface area contributed by atoms with Gasteiger partial charge in [0.05, 0.1) is 26.4 Å². The first-order chi connectivity index (χ1) is 49.7. The summed E-state index contributed by atoms with van der Waals surface area (Å²) in [6, 6.07) is 0. The van der Waals surface area contributed by atoms with E-state index in [9.17, 15) is 43.2 Å². The summed E-state index contributed by atoms with van der Waals surface area (Å²) >= 11 is 0. The van der Waals surface area contributed by atoms with Crippen LogP contribution < -0.4 is 0 Å². The van der Waals surface area contributed by atoms with Crippen LogP contribution in [0.15, 0.2) is 48.6 Å². The molecule has 5 atom stereocenters. The van der Waals surface area contributed by atoms with E-state index in [-0.39, 0.29) is 25.7 Å². The molecule has 0 bridgehead atoms. The number of unbranched alkanes of at least 4 members (excludes halogenated alkanes) is 46. The van der Waals surface area contributed by atoms with E-state index in [2.05, 4.69) is 76.3 Å². The Morgan fingerprint density at radius 3 is 0.745 bits per heavy atom. The predicted molar refractivity (Wildman–Crippen MR) is 418 cm³/mol. The lowest BCUT2D eigenvalue weighted by atomic mass is 10.0. The van der Waals surface area contributed by atoms with Crippen LogP contribution in [0, 0.1) is 0 Å². The highest BCUT2D eigenvalue weighted by Crippen LogP contribution is 2.45. The zero-order chi connectivity index (χ0) is 74.6. The Morgan fingerprint density at radius 1 is 0.275 bits per heavy atom. The number of ether oxygens (including phenoxy) is 4. The molecule has 19 heteroatoms. The topological polar surface area (TPSA) is 237 Å². The van der Waals surface area contributed by atoms with Crippen LogP contribution in [0.3, 0.4) is 0 Å².